The molecule has 3 nitrogen and oxygen atoms in total. The fraction of sp³-hybridized carbons (Fsp3) is 0.222. The van der Waals surface area contributed by atoms with Crippen molar-refractivity contribution in [1.82, 2.24) is 0 Å². The van der Waals surface area contributed by atoms with Crippen molar-refractivity contribution in [2.45, 2.75) is 18.8 Å². The third-order valence-electron chi connectivity index (χ3n) is 3.31. The Balaban J connectivity index is 1.88. The molecule has 0 aliphatic carbocycles. The summed E-state index contributed by atoms with van der Waals surface area (Å²) in [5, 5.41) is 18.2. The molecule has 110 valence electrons. The Morgan fingerprint density at radius 3 is 2.64 bits per heavy atom. The Morgan fingerprint density at radius 1 is 1.09 bits per heavy atom. The lowest BCUT2D eigenvalue weighted by molar-refractivity contribution is 0.290. The fourth-order valence-electron chi connectivity index (χ4n) is 2.16. The van der Waals surface area contributed by atoms with Gasteiger partial charge >= 0.3 is 0 Å². The predicted octanol–water partition coefficient (Wildman–Crippen LogP) is 4.16. The molecule has 0 aliphatic heterocycles. The van der Waals surface area contributed by atoms with E-state index in [1.54, 1.807) is 36.4 Å². The first-order valence-electron chi connectivity index (χ1n) is 7.01. The minimum Gasteiger partial charge on any atom is -0.491 e. The summed E-state index contributed by atoms with van der Waals surface area (Å²) in [6.07, 6.45) is 1.23. The van der Waals surface area contributed by atoms with E-state index in [1.165, 1.54) is 6.07 Å². The summed E-state index contributed by atoms with van der Waals surface area (Å²) in [6.45, 7) is 0.344. The van der Waals surface area contributed by atoms with Crippen molar-refractivity contribution in [1.29, 1.82) is 10.5 Å². The molecule has 1 unspecified atom stereocenters. The Morgan fingerprint density at radius 2 is 1.91 bits per heavy atom. The molecule has 2 rings (SSSR count). The minimum absolute atomic E-state index is 0.225. The maximum atomic E-state index is 13.4. The third-order valence-corrected chi connectivity index (χ3v) is 3.31. The van der Waals surface area contributed by atoms with Crippen molar-refractivity contribution in [3.05, 3.63) is 65.5 Å². The summed E-state index contributed by atoms with van der Waals surface area (Å²) in [7, 11) is 0. The third kappa shape index (κ3) is 4.07. The van der Waals surface area contributed by atoms with E-state index in [0.29, 0.717) is 25.0 Å². The maximum absolute atomic E-state index is 13.4. The number of rotatable bonds is 6. The molecule has 2 aromatic carbocycles. The highest BCUT2D eigenvalue weighted by Gasteiger charge is 2.11. The number of halogens is 1. The first kappa shape index (κ1) is 15.5. The molecule has 0 saturated carbocycles. The molecule has 0 spiro atoms. The van der Waals surface area contributed by atoms with E-state index in [4.69, 9.17) is 10.00 Å². The maximum Gasteiger partial charge on any atom is 0.165 e. The number of benzene rings is 2. The van der Waals surface area contributed by atoms with Gasteiger partial charge in [0, 0.05) is 0 Å². The van der Waals surface area contributed by atoms with Crippen molar-refractivity contribution in [3.8, 4) is 17.9 Å². The molecule has 0 aliphatic rings. The van der Waals surface area contributed by atoms with Crippen molar-refractivity contribution in [2.24, 2.45) is 0 Å². The van der Waals surface area contributed by atoms with Crippen LogP contribution in [0.25, 0.3) is 0 Å². The SMILES string of the molecule is N#Cc1cccc(C(C#N)CCCOc2ccccc2F)c1. The van der Waals surface area contributed by atoms with Crippen LogP contribution in [-0.2, 0) is 0 Å². The summed E-state index contributed by atoms with van der Waals surface area (Å²) in [5.74, 6) is -0.457. The predicted molar refractivity (Wildman–Crippen MR) is 80.6 cm³/mol. The van der Waals surface area contributed by atoms with Crippen molar-refractivity contribution >= 4 is 0 Å². The Bertz CT molecular complexity index is 716. The van der Waals surface area contributed by atoms with Crippen molar-refractivity contribution in [3.63, 3.8) is 0 Å². The van der Waals surface area contributed by atoms with Gasteiger partial charge in [0.15, 0.2) is 11.6 Å². The number of nitriles is 2. The second-order valence-corrected chi connectivity index (χ2v) is 4.84. The standard InChI is InChI=1S/C18H15FN2O/c19-17-8-1-2-9-18(17)22-10-4-7-16(13-21)15-6-3-5-14(11-15)12-20/h1-3,5-6,8-9,11,16H,4,7,10H2. The quantitative estimate of drug-likeness (QED) is 0.751. The van der Waals surface area contributed by atoms with E-state index in [-0.39, 0.29) is 17.5 Å². The smallest absolute Gasteiger partial charge is 0.165 e. The molecular formula is C18H15FN2O. The second kappa shape index (κ2) is 7.81. The zero-order valence-electron chi connectivity index (χ0n) is 12.0. The van der Waals surface area contributed by atoms with Crippen LogP contribution < -0.4 is 4.74 Å². The molecule has 0 N–H and O–H groups in total. The van der Waals surface area contributed by atoms with E-state index in [0.717, 1.165) is 5.56 Å². The van der Waals surface area contributed by atoms with Gasteiger partial charge in [-0.2, -0.15) is 10.5 Å². The molecular weight excluding hydrogens is 279 g/mol. The molecule has 0 heterocycles. The lowest BCUT2D eigenvalue weighted by Crippen LogP contribution is -2.03. The van der Waals surface area contributed by atoms with E-state index >= 15 is 0 Å². The largest absolute Gasteiger partial charge is 0.491 e. The van der Waals surface area contributed by atoms with Crippen LogP contribution in [0.15, 0.2) is 48.5 Å². The van der Waals surface area contributed by atoms with Gasteiger partial charge in [-0.15, -0.1) is 0 Å². The molecule has 4 heteroatoms. The van der Waals surface area contributed by atoms with Gasteiger partial charge in [-0.05, 0) is 42.7 Å². The number of para-hydroxylation sites is 1. The van der Waals surface area contributed by atoms with Crippen LogP contribution >= 0.6 is 0 Å². The van der Waals surface area contributed by atoms with Gasteiger partial charge in [0.1, 0.15) is 0 Å². The van der Waals surface area contributed by atoms with Crippen molar-refractivity contribution < 1.29 is 9.13 Å². The fourth-order valence-corrected chi connectivity index (χ4v) is 2.16. The molecule has 1 atom stereocenters. The van der Waals surface area contributed by atoms with E-state index in [2.05, 4.69) is 12.1 Å². The summed E-state index contributed by atoms with van der Waals surface area (Å²) in [6, 6.07) is 17.6. The van der Waals surface area contributed by atoms with Crippen LogP contribution in [0.3, 0.4) is 0 Å². The second-order valence-electron chi connectivity index (χ2n) is 4.84. The number of nitrogens with zero attached hydrogens (tertiary/aromatic N) is 2. The van der Waals surface area contributed by atoms with Gasteiger partial charge in [-0.3, -0.25) is 0 Å². The number of hydrogen-bond donors (Lipinski definition) is 0. The zero-order valence-corrected chi connectivity index (χ0v) is 12.0. The summed E-state index contributed by atoms with van der Waals surface area (Å²) < 4.78 is 18.8. The average Bonchev–Trinajstić information content (AvgIpc) is 2.56. The highest BCUT2D eigenvalue weighted by atomic mass is 19.1. The molecule has 0 radical (unpaired) electrons. The van der Waals surface area contributed by atoms with E-state index in [9.17, 15) is 9.65 Å². The van der Waals surface area contributed by atoms with E-state index < -0.39 is 0 Å². The van der Waals surface area contributed by atoms with Gasteiger partial charge in [0.25, 0.3) is 0 Å². The summed E-state index contributed by atoms with van der Waals surface area (Å²) in [4.78, 5) is 0. The first-order valence-corrected chi connectivity index (χ1v) is 7.01. The van der Waals surface area contributed by atoms with Gasteiger partial charge < -0.3 is 4.74 Å². The average molecular weight is 294 g/mol. The van der Waals surface area contributed by atoms with Gasteiger partial charge in [-0.1, -0.05) is 24.3 Å². The minimum atomic E-state index is -0.388. The van der Waals surface area contributed by atoms with Gasteiger partial charge in [0.2, 0.25) is 0 Å². The molecule has 0 amide bonds. The van der Waals surface area contributed by atoms with Crippen molar-refractivity contribution in [2.75, 3.05) is 6.61 Å². The van der Waals surface area contributed by atoms with E-state index in [1.807, 2.05) is 6.07 Å². The van der Waals surface area contributed by atoms with Crippen LogP contribution in [0.1, 0.15) is 29.9 Å². The molecule has 2 aromatic rings. The zero-order chi connectivity index (χ0) is 15.8. The molecule has 0 saturated heterocycles. The van der Waals surface area contributed by atoms with Crippen LogP contribution in [0.2, 0.25) is 0 Å². The monoisotopic (exact) mass is 294 g/mol. The Labute approximate surface area is 129 Å². The highest BCUT2D eigenvalue weighted by molar-refractivity contribution is 5.36. The number of hydrogen-bond acceptors (Lipinski definition) is 3. The molecule has 22 heavy (non-hydrogen) atoms. The van der Waals surface area contributed by atoms with Gasteiger partial charge in [-0.25, -0.2) is 4.39 Å². The van der Waals surface area contributed by atoms with Crippen LogP contribution in [-0.4, -0.2) is 6.61 Å². The van der Waals surface area contributed by atoms with Crippen LogP contribution in [0.4, 0.5) is 4.39 Å². The first-order chi connectivity index (χ1) is 10.7. The van der Waals surface area contributed by atoms with Crippen LogP contribution in [0, 0.1) is 28.5 Å². The topological polar surface area (TPSA) is 56.8 Å². The Kier molecular flexibility index (Phi) is 5.51. The lowest BCUT2D eigenvalue weighted by atomic mass is 9.94. The Hall–Kier alpha value is -2.85. The summed E-state index contributed by atoms with van der Waals surface area (Å²) >= 11 is 0. The molecule has 0 bridgehead atoms. The summed E-state index contributed by atoms with van der Waals surface area (Å²) in [5.41, 5.74) is 1.37. The number of ether oxygens (including phenoxy) is 1. The highest BCUT2D eigenvalue weighted by Crippen LogP contribution is 2.22. The lowest BCUT2D eigenvalue weighted by Gasteiger charge is -2.11. The molecule has 0 aromatic heterocycles. The van der Waals surface area contributed by atoms with Crippen LogP contribution in [0.5, 0.6) is 5.75 Å². The normalized spacial score (nSPS) is 11.2. The molecule has 0 fully saturated rings. The van der Waals surface area contributed by atoms with Gasteiger partial charge in [0.05, 0.1) is 30.2 Å².